The van der Waals surface area contributed by atoms with Crippen molar-refractivity contribution in [3.63, 3.8) is 0 Å². The molecule has 0 radical (unpaired) electrons. The van der Waals surface area contributed by atoms with Gasteiger partial charge in [-0.15, -0.1) is 5.16 Å². The minimum Gasteiger partial charge on any atom is -0.411 e. The average molecular weight is 115 g/mol. The maximum Gasteiger partial charge on any atom is 0.0545 e. The molecule has 1 N–H and O–H groups in total. The van der Waals surface area contributed by atoms with Gasteiger partial charge in [0, 0.05) is 18.7 Å². The number of nitrogens with zero attached hydrogens (tertiary/aromatic N) is 1. The second-order valence-electron chi connectivity index (χ2n) is 1.89. The molecule has 0 aliphatic carbocycles. The fourth-order valence-corrected chi connectivity index (χ4v) is 0.765. The van der Waals surface area contributed by atoms with Crippen molar-refractivity contribution in [2.75, 3.05) is 13.2 Å². The third-order valence-electron chi connectivity index (χ3n) is 1.24. The Morgan fingerprint density at radius 3 is 3.12 bits per heavy atom. The summed E-state index contributed by atoms with van der Waals surface area (Å²) in [4.78, 5) is 0. The first-order valence-electron chi connectivity index (χ1n) is 2.69. The van der Waals surface area contributed by atoms with Gasteiger partial charge in [0.15, 0.2) is 0 Å². The van der Waals surface area contributed by atoms with Gasteiger partial charge in [-0.25, -0.2) is 0 Å². The predicted octanol–water partition coefficient (Wildman–Crippen LogP) is 0.483. The molecular weight excluding hydrogens is 106 g/mol. The van der Waals surface area contributed by atoms with E-state index in [2.05, 4.69) is 5.16 Å². The molecule has 1 heterocycles. The van der Waals surface area contributed by atoms with Crippen molar-refractivity contribution < 1.29 is 9.94 Å². The highest BCUT2D eigenvalue weighted by atomic mass is 16.5. The van der Waals surface area contributed by atoms with Gasteiger partial charge in [0.1, 0.15) is 0 Å². The van der Waals surface area contributed by atoms with E-state index in [4.69, 9.17) is 9.94 Å². The Kier molecular flexibility index (Phi) is 1.86. The van der Waals surface area contributed by atoms with Gasteiger partial charge in [-0.3, -0.25) is 0 Å². The molecule has 3 heteroatoms. The molecule has 0 bridgehead atoms. The molecule has 1 saturated heterocycles. The minimum atomic E-state index is 0.347. The molecule has 0 amide bonds. The maximum atomic E-state index is 8.04. The molecule has 46 valence electrons. The highest BCUT2D eigenvalue weighted by Gasteiger charge is 2.12. The van der Waals surface area contributed by atoms with E-state index in [-0.39, 0.29) is 0 Å². The lowest BCUT2D eigenvalue weighted by molar-refractivity contribution is 0.193. The Labute approximate surface area is 48.0 Å². The van der Waals surface area contributed by atoms with Crippen LogP contribution in [-0.2, 0) is 4.74 Å². The van der Waals surface area contributed by atoms with Crippen molar-refractivity contribution in [1.82, 2.24) is 0 Å². The third kappa shape index (κ3) is 1.20. The first-order valence-corrected chi connectivity index (χ1v) is 2.69. The molecule has 8 heavy (non-hydrogen) atoms. The number of ether oxygens (including phenoxy) is 1. The van der Waals surface area contributed by atoms with Gasteiger partial charge in [0.25, 0.3) is 0 Å². The molecule has 0 unspecified atom stereocenters. The van der Waals surface area contributed by atoms with Crippen LogP contribution < -0.4 is 0 Å². The zero-order valence-electron chi connectivity index (χ0n) is 4.58. The Balaban J connectivity index is 2.24. The molecule has 3 nitrogen and oxygen atoms in total. The Morgan fingerprint density at radius 2 is 2.62 bits per heavy atom. The van der Waals surface area contributed by atoms with Gasteiger partial charge in [-0.1, -0.05) is 0 Å². The maximum absolute atomic E-state index is 8.04. The van der Waals surface area contributed by atoms with Gasteiger partial charge in [-0.2, -0.15) is 0 Å². The molecule has 0 spiro atoms. The van der Waals surface area contributed by atoms with E-state index in [1.807, 2.05) is 0 Å². The average Bonchev–Trinajstić information content (AvgIpc) is 2.19. The lowest BCUT2D eigenvalue weighted by Gasteiger charge is -1.92. The summed E-state index contributed by atoms with van der Waals surface area (Å²) < 4.78 is 5.01. The van der Waals surface area contributed by atoms with Crippen molar-refractivity contribution in [1.29, 1.82) is 0 Å². The Bertz CT molecular complexity index is 86.4. The SMILES string of the molecule is O/N=C\[C@H]1CCOC1. The zero-order valence-corrected chi connectivity index (χ0v) is 4.58. The molecule has 1 rings (SSSR count). The second-order valence-corrected chi connectivity index (χ2v) is 1.89. The van der Waals surface area contributed by atoms with Gasteiger partial charge < -0.3 is 9.94 Å². The van der Waals surface area contributed by atoms with Gasteiger partial charge in [-0.05, 0) is 6.42 Å². The molecule has 1 aliphatic heterocycles. The smallest absolute Gasteiger partial charge is 0.0545 e. The minimum absolute atomic E-state index is 0.347. The van der Waals surface area contributed by atoms with E-state index in [0.29, 0.717) is 12.5 Å². The first-order chi connectivity index (χ1) is 3.93. The van der Waals surface area contributed by atoms with Crippen LogP contribution in [0.25, 0.3) is 0 Å². The topological polar surface area (TPSA) is 41.8 Å². The molecular formula is C5H9NO2. The summed E-state index contributed by atoms with van der Waals surface area (Å²) in [6.45, 7) is 1.51. The zero-order chi connectivity index (χ0) is 5.82. The molecule has 0 aromatic carbocycles. The molecule has 0 aromatic heterocycles. The van der Waals surface area contributed by atoms with Gasteiger partial charge in [0.05, 0.1) is 6.61 Å². The van der Waals surface area contributed by atoms with Crippen molar-refractivity contribution in [2.24, 2.45) is 11.1 Å². The molecule has 1 aliphatic rings. The van der Waals surface area contributed by atoms with Gasteiger partial charge in [0.2, 0.25) is 0 Å². The van der Waals surface area contributed by atoms with Crippen LogP contribution in [0, 0.1) is 5.92 Å². The molecule has 0 aromatic rings. The second kappa shape index (κ2) is 2.67. The van der Waals surface area contributed by atoms with E-state index in [0.717, 1.165) is 13.0 Å². The molecule has 0 saturated carbocycles. The van der Waals surface area contributed by atoms with Crippen LogP contribution in [-0.4, -0.2) is 24.6 Å². The normalized spacial score (nSPS) is 29.8. The number of rotatable bonds is 1. The summed E-state index contributed by atoms with van der Waals surface area (Å²) >= 11 is 0. The quantitative estimate of drug-likeness (QED) is 0.307. The summed E-state index contributed by atoms with van der Waals surface area (Å²) in [5.41, 5.74) is 0. The first kappa shape index (κ1) is 5.56. The van der Waals surface area contributed by atoms with E-state index >= 15 is 0 Å². The monoisotopic (exact) mass is 115 g/mol. The number of hydrogen-bond donors (Lipinski definition) is 1. The van der Waals surface area contributed by atoms with Crippen molar-refractivity contribution in [3.05, 3.63) is 0 Å². The predicted molar refractivity (Wildman–Crippen MR) is 29.2 cm³/mol. The van der Waals surface area contributed by atoms with Gasteiger partial charge >= 0.3 is 0 Å². The number of oxime groups is 1. The summed E-state index contributed by atoms with van der Waals surface area (Å²) in [5, 5.41) is 11.0. The van der Waals surface area contributed by atoms with E-state index in [9.17, 15) is 0 Å². The van der Waals surface area contributed by atoms with Crippen LogP contribution in [0.1, 0.15) is 6.42 Å². The van der Waals surface area contributed by atoms with Crippen LogP contribution in [0.15, 0.2) is 5.16 Å². The Morgan fingerprint density at radius 1 is 1.75 bits per heavy atom. The number of hydrogen-bond acceptors (Lipinski definition) is 3. The summed E-state index contributed by atoms with van der Waals surface area (Å²) in [6.07, 6.45) is 2.51. The fourth-order valence-electron chi connectivity index (χ4n) is 0.765. The van der Waals surface area contributed by atoms with Crippen LogP contribution in [0.5, 0.6) is 0 Å². The van der Waals surface area contributed by atoms with Crippen LogP contribution in [0.4, 0.5) is 0 Å². The summed E-state index contributed by atoms with van der Waals surface area (Å²) in [5.74, 6) is 0.347. The standard InChI is InChI=1S/C5H9NO2/c7-6-3-5-1-2-8-4-5/h3,5,7H,1-2,4H2/b6-3-/t5-/m1/s1. The lowest BCUT2D eigenvalue weighted by Crippen LogP contribution is -1.99. The van der Waals surface area contributed by atoms with Crippen LogP contribution in [0.3, 0.4) is 0 Å². The molecule has 1 fully saturated rings. The van der Waals surface area contributed by atoms with Crippen LogP contribution in [0.2, 0.25) is 0 Å². The summed E-state index contributed by atoms with van der Waals surface area (Å²) in [6, 6.07) is 0. The van der Waals surface area contributed by atoms with Crippen LogP contribution >= 0.6 is 0 Å². The Hall–Kier alpha value is -0.570. The van der Waals surface area contributed by atoms with Crippen molar-refractivity contribution in [2.45, 2.75) is 6.42 Å². The fraction of sp³-hybridized carbons (Fsp3) is 0.800. The summed E-state index contributed by atoms with van der Waals surface area (Å²) in [7, 11) is 0. The lowest BCUT2D eigenvalue weighted by atomic mass is 10.1. The highest BCUT2D eigenvalue weighted by molar-refractivity contribution is 5.60. The largest absolute Gasteiger partial charge is 0.411 e. The molecule has 1 atom stereocenters. The van der Waals surface area contributed by atoms with Crippen molar-refractivity contribution >= 4 is 6.21 Å². The third-order valence-corrected chi connectivity index (χ3v) is 1.24. The highest BCUT2D eigenvalue weighted by Crippen LogP contribution is 2.08. The van der Waals surface area contributed by atoms with E-state index < -0.39 is 0 Å². The van der Waals surface area contributed by atoms with E-state index in [1.165, 1.54) is 6.21 Å². The van der Waals surface area contributed by atoms with E-state index in [1.54, 1.807) is 0 Å². The van der Waals surface area contributed by atoms with Crippen molar-refractivity contribution in [3.8, 4) is 0 Å².